The van der Waals surface area contributed by atoms with Gasteiger partial charge < -0.3 is 10.2 Å². The summed E-state index contributed by atoms with van der Waals surface area (Å²) in [6.07, 6.45) is 4.25. The number of nitrogens with one attached hydrogen (secondary N) is 1. The van der Waals surface area contributed by atoms with E-state index in [-0.39, 0.29) is 0 Å². The van der Waals surface area contributed by atoms with Crippen LogP contribution < -0.4 is 10.2 Å². The second-order valence-corrected chi connectivity index (χ2v) is 6.40. The van der Waals surface area contributed by atoms with E-state index in [2.05, 4.69) is 27.1 Å². The highest BCUT2D eigenvalue weighted by Crippen LogP contribution is 2.24. The molecule has 0 bridgehead atoms. The maximum absolute atomic E-state index is 6.16. The van der Waals surface area contributed by atoms with Gasteiger partial charge in [0, 0.05) is 30.0 Å². The molecule has 3 rings (SSSR count). The zero-order valence-electron chi connectivity index (χ0n) is 13.0. The van der Waals surface area contributed by atoms with Gasteiger partial charge in [-0.2, -0.15) is 4.98 Å². The van der Waals surface area contributed by atoms with Gasteiger partial charge in [0.25, 0.3) is 0 Å². The third kappa shape index (κ3) is 3.50. The van der Waals surface area contributed by atoms with Crippen molar-refractivity contribution in [1.29, 1.82) is 0 Å². The molecular formula is C17H21ClN4. The lowest BCUT2D eigenvalue weighted by Crippen LogP contribution is -2.33. The first-order valence-corrected chi connectivity index (χ1v) is 8.11. The Morgan fingerprint density at radius 1 is 1.23 bits per heavy atom. The summed E-state index contributed by atoms with van der Waals surface area (Å²) in [5.74, 6) is 2.41. The summed E-state index contributed by atoms with van der Waals surface area (Å²) in [6, 6.07) is 7.85. The molecule has 0 atom stereocenters. The smallest absolute Gasteiger partial charge is 0.229 e. The second kappa shape index (κ2) is 6.53. The standard InChI is InChI=1S/C17H21ClN4/c1-12-6-9-22(10-7-12)16-5-8-19-17(21-16)20-14-4-3-13(2)15(18)11-14/h3-5,8,11-12H,6-7,9-10H2,1-2H3,(H,19,20,21). The molecule has 5 heteroatoms. The highest BCUT2D eigenvalue weighted by atomic mass is 35.5. The minimum atomic E-state index is 0.607. The summed E-state index contributed by atoms with van der Waals surface area (Å²) in [5.41, 5.74) is 1.96. The first-order valence-electron chi connectivity index (χ1n) is 7.73. The fourth-order valence-corrected chi connectivity index (χ4v) is 2.80. The summed E-state index contributed by atoms with van der Waals surface area (Å²) in [6.45, 7) is 6.42. The van der Waals surface area contributed by atoms with Crippen molar-refractivity contribution >= 4 is 29.1 Å². The van der Waals surface area contributed by atoms with E-state index in [1.807, 2.05) is 31.2 Å². The van der Waals surface area contributed by atoms with Gasteiger partial charge >= 0.3 is 0 Å². The van der Waals surface area contributed by atoms with Gasteiger partial charge in [0.1, 0.15) is 5.82 Å². The van der Waals surface area contributed by atoms with Crippen molar-refractivity contribution in [3.8, 4) is 0 Å². The molecule has 0 amide bonds. The minimum Gasteiger partial charge on any atom is -0.356 e. The van der Waals surface area contributed by atoms with Gasteiger partial charge in [-0.1, -0.05) is 24.6 Å². The number of rotatable bonds is 3. The van der Waals surface area contributed by atoms with Crippen molar-refractivity contribution in [1.82, 2.24) is 9.97 Å². The third-order valence-corrected chi connectivity index (χ3v) is 4.58. The maximum Gasteiger partial charge on any atom is 0.229 e. The minimum absolute atomic E-state index is 0.607. The summed E-state index contributed by atoms with van der Waals surface area (Å²) < 4.78 is 0. The molecule has 22 heavy (non-hydrogen) atoms. The number of halogens is 1. The molecule has 0 saturated carbocycles. The van der Waals surface area contributed by atoms with E-state index in [9.17, 15) is 0 Å². The van der Waals surface area contributed by atoms with Crippen LogP contribution in [0.2, 0.25) is 5.02 Å². The quantitative estimate of drug-likeness (QED) is 0.910. The van der Waals surface area contributed by atoms with Crippen LogP contribution in [0.5, 0.6) is 0 Å². The molecular weight excluding hydrogens is 296 g/mol. The lowest BCUT2D eigenvalue weighted by molar-refractivity contribution is 0.436. The molecule has 4 nitrogen and oxygen atoms in total. The average molecular weight is 317 g/mol. The topological polar surface area (TPSA) is 41.1 Å². The van der Waals surface area contributed by atoms with Crippen molar-refractivity contribution in [3.63, 3.8) is 0 Å². The van der Waals surface area contributed by atoms with Crippen LogP contribution in [0.25, 0.3) is 0 Å². The Morgan fingerprint density at radius 3 is 2.73 bits per heavy atom. The molecule has 0 unspecified atom stereocenters. The Labute approximate surface area is 136 Å². The van der Waals surface area contributed by atoms with Crippen LogP contribution in [0.3, 0.4) is 0 Å². The molecule has 1 saturated heterocycles. The number of aryl methyl sites for hydroxylation is 1. The van der Waals surface area contributed by atoms with Crippen LogP contribution in [0.1, 0.15) is 25.3 Å². The number of hydrogen-bond donors (Lipinski definition) is 1. The molecule has 1 aromatic heterocycles. The van der Waals surface area contributed by atoms with Crippen LogP contribution in [-0.4, -0.2) is 23.1 Å². The van der Waals surface area contributed by atoms with Crippen molar-refractivity contribution < 1.29 is 0 Å². The molecule has 1 N–H and O–H groups in total. The molecule has 116 valence electrons. The van der Waals surface area contributed by atoms with E-state index in [0.717, 1.165) is 41.1 Å². The van der Waals surface area contributed by atoms with Gasteiger partial charge in [-0.25, -0.2) is 4.98 Å². The fraction of sp³-hybridized carbons (Fsp3) is 0.412. The number of hydrogen-bond acceptors (Lipinski definition) is 4. The number of anilines is 3. The van der Waals surface area contributed by atoms with Crippen molar-refractivity contribution in [3.05, 3.63) is 41.0 Å². The SMILES string of the molecule is Cc1ccc(Nc2nccc(N3CCC(C)CC3)n2)cc1Cl. The van der Waals surface area contributed by atoms with Crippen LogP contribution >= 0.6 is 11.6 Å². The summed E-state index contributed by atoms with van der Waals surface area (Å²) in [5, 5.41) is 3.97. The normalized spacial score (nSPS) is 15.9. The van der Waals surface area contributed by atoms with E-state index >= 15 is 0 Å². The molecule has 2 aromatic rings. The number of nitrogens with zero attached hydrogens (tertiary/aromatic N) is 3. The number of aromatic nitrogens is 2. The van der Waals surface area contributed by atoms with Gasteiger partial charge in [0.2, 0.25) is 5.95 Å². The molecule has 0 aliphatic carbocycles. The summed E-state index contributed by atoms with van der Waals surface area (Å²) in [7, 11) is 0. The van der Waals surface area contributed by atoms with Crippen LogP contribution in [0.4, 0.5) is 17.5 Å². The largest absolute Gasteiger partial charge is 0.356 e. The fourth-order valence-electron chi connectivity index (χ4n) is 2.62. The van der Waals surface area contributed by atoms with Gasteiger partial charge in [-0.15, -0.1) is 0 Å². The maximum atomic E-state index is 6.16. The van der Waals surface area contributed by atoms with E-state index in [0.29, 0.717) is 5.95 Å². The van der Waals surface area contributed by atoms with Crippen LogP contribution in [-0.2, 0) is 0 Å². The lowest BCUT2D eigenvalue weighted by atomic mass is 9.99. The monoisotopic (exact) mass is 316 g/mol. The second-order valence-electron chi connectivity index (χ2n) is 6.00. The van der Waals surface area contributed by atoms with E-state index in [1.54, 1.807) is 6.20 Å². The third-order valence-electron chi connectivity index (χ3n) is 4.18. The Balaban J connectivity index is 1.74. The molecule has 0 radical (unpaired) electrons. The van der Waals surface area contributed by atoms with Crippen LogP contribution in [0.15, 0.2) is 30.5 Å². The van der Waals surface area contributed by atoms with E-state index < -0.39 is 0 Å². The molecule has 2 heterocycles. The van der Waals surface area contributed by atoms with Gasteiger partial charge in [-0.05, 0) is 49.4 Å². The Kier molecular flexibility index (Phi) is 4.48. The van der Waals surface area contributed by atoms with Crippen molar-refractivity contribution in [2.24, 2.45) is 5.92 Å². The highest BCUT2D eigenvalue weighted by molar-refractivity contribution is 6.31. The summed E-state index contributed by atoms with van der Waals surface area (Å²) in [4.78, 5) is 11.3. The predicted octanol–water partition coefficient (Wildman–Crippen LogP) is 4.42. The van der Waals surface area contributed by atoms with E-state index in [1.165, 1.54) is 12.8 Å². The van der Waals surface area contributed by atoms with Gasteiger partial charge in [0.15, 0.2) is 0 Å². The predicted molar refractivity (Wildman–Crippen MR) is 92.1 cm³/mol. The highest BCUT2D eigenvalue weighted by Gasteiger charge is 2.17. The molecule has 1 aliphatic heterocycles. The number of benzene rings is 1. The van der Waals surface area contributed by atoms with Crippen molar-refractivity contribution in [2.45, 2.75) is 26.7 Å². The van der Waals surface area contributed by atoms with E-state index in [4.69, 9.17) is 11.6 Å². The zero-order valence-corrected chi connectivity index (χ0v) is 13.8. The van der Waals surface area contributed by atoms with Crippen LogP contribution in [0, 0.1) is 12.8 Å². The Hall–Kier alpha value is -1.81. The van der Waals surface area contributed by atoms with Gasteiger partial charge in [0.05, 0.1) is 0 Å². The number of piperidine rings is 1. The Morgan fingerprint density at radius 2 is 2.00 bits per heavy atom. The lowest BCUT2D eigenvalue weighted by Gasteiger charge is -2.31. The molecule has 0 spiro atoms. The van der Waals surface area contributed by atoms with Crippen molar-refractivity contribution in [2.75, 3.05) is 23.3 Å². The average Bonchev–Trinajstić information content (AvgIpc) is 2.52. The van der Waals surface area contributed by atoms with Gasteiger partial charge in [-0.3, -0.25) is 0 Å². The first-order chi connectivity index (χ1) is 10.6. The molecule has 1 aliphatic rings. The zero-order chi connectivity index (χ0) is 15.5. The Bertz CT molecular complexity index is 651. The summed E-state index contributed by atoms with van der Waals surface area (Å²) >= 11 is 6.16. The molecule has 1 aromatic carbocycles. The molecule has 1 fully saturated rings. The first kappa shape index (κ1) is 15.1.